The van der Waals surface area contributed by atoms with E-state index in [-0.39, 0.29) is 23.1 Å². The van der Waals surface area contributed by atoms with E-state index in [4.69, 9.17) is 9.26 Å². The molecule has 1 spiro atoms. The second-order valence-electron chi connectivity index (χ2n) is 6.68. The van der Waals surface area contributed by atoms with E-state index >= 15 is 0 Å². The molecule has 1 saturated carbocycles. The first-order valence-electron chi connectivity index (χ1n) is 7.95. The van der Waals surface area contributed by atoms with Gasteiger partial charge >= 0.3 is 6.09 Å². The number of rotatable bonds is 2. The summed E-state index contributed by atoms with van der Waals surface area (Å²) in [6.07, 6.45) is 0.00783. The van der Waals surface area contributed by atoms with E-state index in [1.165, 1.54) is 0 Å². The molecule has 10 heteroatoms. The largest absolute Gasteiger partial charge is 0.417 e. The molecule has 2 bridgehead atoms. The minimum absolute atomic E-state index is 0.0148. The van der Waals surface area contributed by atoms with Crippen molar-refractivity contribution in [2.75, 3.05) is 10.2 Å². The van der Waals surface area contributed by atoms with E-state index in [9.17, 15) is 18.8 Å². The number of ether oxygens (including phenoxy) is 1. The van der Waals surface area contributed by atoms with Crippen molar-refractivity contribution in [2.24, 2.45) is 0 Å². The molecule has 3 heterocycles. The second-order valence-corrected chi connectivity index (χ2v) is 6.68. The minimum Gasteiger partial charge on any atom is -0.410 e. The summed E-state index contributed by atoms with van der Waals surface area (Å²) in [4.78, 5) is 17.5. The summed E-state index contributed by atoms with van der Waals surface area (Å²) in [6.45, 7) is 1.63. The molecule has 8 nitrogen and oxygen atoms in total. The zero-order chi connectivity index (χ0) is 18.3. The summed E-state index contributed by atoms with van der Waals surface area (Å²) in [5, 5.41) is 15.6. The van der Waals surface area contributed by atoms with Crippen molar-refractivity contribution >= 4 is 17.7 Å². The molecule has 0 radical (unpaired) electrons. The number of nitriles is 1. The molecule has 26 heavy (non-hydrogen) atoms. The summed E-state index contributed by atoms with van der Waals surface area (Å²) in [5.74, 6) is -1.49. The van der Waals surface area contributed by atoms with Gasteiger partial charge in [0, 0.05) is 5.56 Å². The molecule has 1 N–H and O–H groups in total. The van der Waals surface area contributed by atoms with Crippen LogP contribution in [0.2, 0.25) is 0 Å². The number of carbonyl (C=O) groups is 1. The van der Waals surface area contributed by atoms with Gasteiger partial charge in [-0.25, -0.2) is 13.6 Å². The van der Waals surface area contributed by atoms with E-state index in [0.717, 1.165) is 17.0 Å². The summed E-state index contributed by atoms with van der Waals surface area (Å²) < 4.78 is 39.6. The molecule has 132 valence electrons. The van der Waals surface area contributed by atoms with Crippen LogP contribution >= 0.6 is 0 Å². The van der Waals surface area contributed by atoms with Gasteiger partial charge in [-0.1, -0.05) is 0 Å². The lowest BCUT2D eigenvalue weighted by atomic mass is 9.95. The smallest absolute Gasteiger partial charge is 0.410 e. The molecule has 1 saturated heterocycles. The van der Waals surface area contributed by atoms with Gasteiger partial charge in [-0.2, -0.15) is 10.2 Å². The number of amides is 1. The van der Waals surface area contributed by atoms with Gasteiger partial charge in [0.05, 0.1) is 17.2 Å². The van der Waals surface area contributed by atoms with Gasteiger partial charge in [-0.15, -0.1) is 0 Å². The summed E-state index contributed by atoms with van der Waals surface area (Å²) in [6, 6.07) is 3.35. The maximum Gasteiger partial charge on any atom is 0.417 e. The van der Waals surface area contributed by atoms with Gasteiger partial charge in [0.25, 0.3) is 17.6 Å². The quantitative estimate of drug-likeness (QED) is 0.878. The van der Waals surface area contributed by atoms with Crippen LogP contribution in [-0.2, 0) is 15.9 Å². The first kappa shape index (κ1) is 15.1. The Labute approximate surface area is 145 Å². The van der Waals surface area contributed by atoms with Crippen LogP contribution in [0.1, 0.15) is 31.2 Å². The van der Waals surface area contributed by atoms with E-state index in [0.29, 0.717) is 12.8 Å². The number of nitrogens with zero attached hydrogens (tertiary/aromatic N) is 4. The standard InChI is InChI=1S/C16H11F2N5O3/c1-7-16(12-20-13(21-16)22-26-12)25-14(24)23(7)8-4-9(17)11(10(18)5-8)15(6-19)2-3-15/h4-5,7H,2-3H2,1H3,(H,21,22)/t7?,16-/m0/s1. The Hall–Kier alpha value is -3.22. The first-order chi connectivity index (χ1) is 12.4. The lowest BCUT2D eigenvalue weighted by Crippen LogP contribution is -2.46. The summed E-state index contributed by atoms with van der Waals surface area (Å²) in [5.41, 5.74) is -2.76. The fourth-order valence-corrected chi connectivity index (χ4v) is 3.64. The maximum absolute atomic E-state index is 14.6. The molecule has 3 aliphatic rings. The number of fused-ring (bicyclic) bond motifs is 3. The number of halogens is 2. The van der Waals surface area contributed by atoms with Crippen LogP contribution in [0, 0.1) is 23.0 Å². The number of carbonyl (C=O) groups excluding carboxylic acids is 1. The predicted molar refractivity (Wildman–Crippen MR) is 80.9 cm³/mol. The molecular weight excluding hydrogens is 348 g/mol. The monoisotopic (exact) mass is 359 g/mol. The molecule has 1 aromatic carbocycles. The van der Waals surface area contributed by atoms with Crippen molar-refractivity contribution in [3.05, 3.63) is 35.2 Å². The lowest BCUT2D eigenvalue weighted by Gasteiger charge is -2.27. The van der Waals surface area contributed by atoms with Crippen molar-refractivity contribution in [3.63, 3.8) is 0 Å². The number of nitrogens with one attached hydrogen (secondary N) is 1. The maximum atomic E-state index is 14.6. The molecule has 2 fully saturated rings. The Morgan fingerprint density at radius 3 is 2.58 bits per heavy atom. The van der Waals surface area contributed by atoms with Crippen LogP contribution in [0.3, 0.4) is 0 Å². The van der Waals surface area contributed by atoms with Crippen LogP contribution in [0.25, 0.3) is 0 Å². The van der Waals surface area contributed by atoms with Gasteiger partial charge in [-0.05, 0) is 37.1 Å². The van der Waals surface area contributed by atoms with Gasteiger partial charge < -0.3 is 14.6 Å². The first-order valence-corrected chi connectivity index (χ1v) is 7.95. The number of hydrogen-bond acceptors (Lipinski definition) is 7. The van der Waals surface area contributed by atoms with Crippen molar-refractivity contribution in [1.82, 2.24) is 10.1 Å². The molecule has 1 aromatic heterocycles. The topological polar surface area (TPSA) is 104 Å². The van der Waals surface area contributed by atoms with Crippen LogP contribution in [0.4, 0.5) is 25.2 Å². The molecule has 2 aliphatic heterocycles. The number of anilines is 2. The Kier molecular flexibility index (Phi) is 2.60. The van der Waals surface area contributed by atoms with E-state index in [1.54, 1.807) is 6.92 Å². The Balaban J connectivity index is 1.56. The highest BCUT2D eigenvalue weighted by Gasteiger charge is 2.61. The molecule has 1 amide bonds. The minimum atomic E-state index is -1.38. The third-order valence-corrected chi connectivity index (χ3v) is 5.21. The van der Waals surface area contributed by atoms with E-state index < -0.39 is 34.9 Å². The van der Waals surface area contributed by atoms with Crippen LogP contribution < -0.4 is 10.2 Å². The van der Waals surface area contributed by atoms with Gasteiger partial charge in [0.1, 0.15) is 17.7 Å². The van der Waals surface area contributed by atoms with Crippen LogP contribution in [-0.4, -0.2) is 22.3 Å². The molecule has 2 atom stereocenters. The fraction of sp³-hybridized carbons (Fsp3) is 0.375. The van der Waals surface area contributed by atoms with E-state index in [2.05, 4.69) is 15.5 Å². The Morgan fingerprint density at radius 2 is 2.08 bits per heavy atom. The Morgan fingerprint density at radius 1 is 1.38 bits per heavy atom. The van der Waals surface area contributed by atoms with Crippen LogP contribution in [0.15, 0.2) is 16.7 Å². The lowest BCUT2D eigenvalue weighted by molar-refractivity contribution is 0.0313. The summed E-state index contributed by atoms with van der Waals surface area (Å²) >= 11 is 0. The predicted octanol–water partition coefficient (Wildman–Crippen LogP) is 2.53. The number of aromatic nitrogens is 2. The third-order valence-electron chi connectivity index (χ3n) is 5.21. The molecule has 1 aliphatic carbocycles. The van der Waals surface area contributed by atoms with Crippen LogP contribution in [0.5, 0.6) is 0 Å². The van der Waals surface area contributed by atoms with Crippen molar-refractivity contribution in [1.29, 1.82) is 5.26 Å². The second kappa shape index (κ2) is 4.49. The average Bonchev–Trinajstić information content (AvgIpc) is 2.98. The Bertz CT molecular complexity index is 989. The zero-order valence-electron chi connectivity index (χ0n) is 13.4. The van der Waals surface area contributed by atoms with Crippen molar-refractivity contribution in [2.45, 2.75) is 36.9 Å². The molecule has 1 unspecified atom stereocenters. The van der Waals surface area contributed by atoms with Gasteiger partial charge in [0.2, 0.25) is 0 Å². The average molecular weight is 359 g/mol. The number of benzene rings is 1. The van der Waals surface area contributed by atoms with E-state index in [1.807, 2.05) is 6.07 Å². The van der Waals surface area contributed by atoms with Gasteiger partial charge in [0.15, 0.2) is 0 Å². The summed E-state index contributed by atoms with van der Waals surface area (Å²) in [7, 11) is 0. The number of hydrogen-bond donors (Lipinski definition) is 1. The SMILES string of the molecule is CC1N(c2cc(F)c(C3(C#N)CC3)c(F)c2)C(=O)O[C@@]12Nc1noc2n1. The van der Waals surface area contributed by atoms with Crippen molar-refractivity contribution in [3.8, 4) is 6.07 Å². The highest BCUT2D eigenvalue weighted by molar-refractivity contribution is 5.92. The molecular formula is C16H11F2N5O3. The fourth-order valence-electron chi connectivity index (χ4n) is 3.64. The zero-order valence-corrected chi connectivity index (χ0v) is 13.4. The normalized spacial score (nSPS) is 27.4. The molecule has 2 aromatic rings. The third kappa shape index (κ3) is 1.67. The highest BCUT2D eigenvalue weighted by atomic mass is 19.1. The highest BCUT2D eigenvalue weighted by Crippen LogP contribution is 2.51. The van der Waals surface area contributed by atoms with Gasteiger partial charge in [-0.3, -0.25) is 4.90 Å². The molecule has 5 rings (SSSR count). The van der Waals surface area contributed by atoms with Crippen molar-refractivity contribution < 1.29 is 22.8 Å².